The molecule has 2 aliphatic rings. The van der Waals surface area contributed by atoms with Crippen LogP contribution in [0.5, 0.6) is 0 Å². The average molecular weight is 342 g/mol. The number of hydrogen-bond acceptors (Lipinski definition) is 11. The molecule has 11 nitrogen and oxygen atoms in total. The Morgan fingerprint density at radius 1 is 0.652 bits per heavy atom. The van der Waals surface area contributed by atoms with Crippen molar-refractivity contribution in [2.24, 2.45) is 0 Å². The Kier molecular flexibility index (Phi) is 6.27. The van der Waals surface area contributed by atoms with Gasteiger partial charge in [0, 0.05) is 0 Å². The third-order valence-corrected chi connectivity index (χ3v) is 3.98. The molecular weight excluding hydrogens is 320 g/mol. The summed E-state index contributed by atoms with van der Waals surface area (Å²) in [5.41, 5.74) is 0. The molecule has 0 aliphatic carbocycles. The second kappa shape index (κ2) is 7.63. The fraction of sp³-hybridized carbons (Fsp3) is 1.00. The van der Waals surface area contributed by atoms with E-state index in [1.807, 2.05) is 0 Å². The molecule has 8 N–H and O–H groups in total. The van der Waals surface area contributed by atoms with Gasteiger partial charge in [-0.05, 0) is 0 Å². The van der Waals surface area contributed by atoms with E-state index in [1.54, 1.807) is 0 Å². The summed E-state index contributed by atoms with van der Waals surface area (Å²) < 4.78 is 15.3. The van der Waals surface area contributed by atoms with Gasteiger partial charge in [0.05, 0.1) is 13.2 Å². The Hall–Kier alpha value is -0.440. The van der Waals surface area contributed by atoms with Gasteiger partial charge >= 0.3 is 0 Å². The fourth-order valence-electron chi connectivity index (χ4n) is 2.57. The van der Waals surface area contributed by atoms with Gasteiger partial charge in [0.2, 0.25) is 0 Å². The zero-order valence-electron chi connectivity index (χ0n) is 12.0. The highest BCUT2D eigenvalue weighted by molar-refractivity contribution is 4.93. The normalized spacial score (nSPS) is 51.7. The van der Waals surface area contributed by atoms with E-state index < -0.39 is 74.6 Å². The zero-order valence-corrected chi connectivity index (χ0v) is 12.0. The summed E-state index contributed by atoms with van der Waals surface area (Å²) in [4.78, 5) is 0. The van der Waals surface area contributed by atoms with Crippen molar-refractivity contribution in [3.63, 3.8) is 0 Å². The Morgan fingerprint density at radius 2 is 1.26 bits per heavy atom. The van der Waals surface area contributed by atoms with E-state index >= 15 is 0 Å². The molecule has 23 heavy (non-hydrogen) atoms. The lowest BCUT2D eigenvalue weighted by atomic mass is 9.97. The molecule has 0 saturated carbocycles. The van der Waals surface area contributed by atoms with Gasteiger partial charge in [0.1, 0.15) is 48.8 Å². The van der Waals surface area contributed by atoms with Crippen LogP contribution in [-0.2, 0) is 14.2 Å². The van der Waals surface area contributed by atoms with Gasteiger partial charge in [0.25, 0.3) is 0 Å². The summed E-state index contributed by atoms with van der Waals surface area (Å²) in [7, 11) is 0. The lowest BCUT2D eigenvalue weighted by Gasteiger charge is -2.45. The molecule has 2 rings (SSSR count). The monoisotopic (exact) mass is 342 g/mol. The van der Waals surface area contributed by atoms with Gasteiger partial charge in [-0.2, -0.15) is 0 Å². The molecule has 2 heterocycles. The van der Waals surface area contributed by atoms with Gasteiger partial charge in [-0.3, -0.25) is 0 Å². The van der Waals surface area contributed by atoms with Gasteiger partial charge < -0.3 is 55.1 Å². The van der Waals surface area contributed by atoms with E-state index in [0.29, 0.717) is 0 Å². The number of aliphatic hydroxyl groups is 8. The molecule has 0 radical (unpaired) electrons. The number of rotatable bonds is 4. The highest BCUT2D eigenvalue weighted by atomic mass is 16.7. The van der Waals surface area contributed by atoms with E-state index in [1.165, 1.54) is 0 Å². The van der Waals surface area contributed by atoms with E-state index in [-0.39, 0.29) is 0 Å². The minimum atomic E-state index is -1.74. The summed E-state index contributed by atoms with van der Waals surface area (Å²) >= 11 is 0. The first-order chi connectivity index (χ1) is 10.8. The molecule has 10 atom stereocenters. The summed E-state index contributed by atoms with van der Waals surface area (Å²) in [5.74, 6) is 0. The maximum atomic E-state index is 9.94. The van der Waals surface area contributed by atoms with Crippen LogP contribution in [0.2, 0.25) is 0 Å². The lowest BCUT2D eigenvalue weighted by molar-refractivity contribution is -0.355. The van der Waals surface area contributed by atoms with E-state index in [0.717, 1.165) is 0 Å². The van der Waals surface area contributed by atoms with Crippen LogP contribution in [0.3, 0.4) is 0 Å². The Labute approximate surface area is 130 Å². The Bertz CT molecular complexity index is 378. The molecule has 2 saturated heterocycles. The molecule has 0 aromatic heterocycles. The van der Waals surface area contributed by atoms with Crippen LogP contribution in [0.1, 0.15) is 0 Å². The van der Waals surface area contributed by atoms with Crippen molar-refractivity contribution < 1.29 is 55.1 Å². The summed E-state index contributed by atoms with van der Waals surface area (Å²) in [5, 5.41) is 76.5. The molecule has 2 aliphatic heterocycles. The SMILES string of the molecule is OC[C@H]1OC(O)[C@H](O)[C@@H](O)[C@@H]1OC1O[C@H](CO)[C@@H](O)C(O)[C@H]1O. The lowest BCUT2D eigenvalue weighted by Crippen LogP contribution is -2.64. The van der Waals surface area contributed by atoms with Gasteiger partial charge in [-0.25, -0.2) is 0 Å². The van der Waals surface area contributed by atoms with Crippen LogP contribution in [0, 0.1) is 0 Å². The first kappa shape index (κ1) is 18.9. The molecule has 0 amide bonds. The molecule has 11 heteroatoms. The van der Waals surface area contributed by atoms with Crippen molar-refractivity contribution >= 4 is 0 Å². The van der Waals surface area contributed by atoms with E-state index in [9.17, 15) is 35.7 Å². The predicted molar refractivity (Wildman–Crippen MR) is 68.6 cm³/mol. The maximum absolute atomic E-state index is 9.94. The van der Waals surface area contributed by atoms with Gasteiger partial charge in [-0.1, -0.05) is 0 Å². The van der Waals surface area contributed by atoms with Crippen LogP contribution in [0.15, 0.2) is 0 Å². The quantitative estimate of drug-likeness (QED) is 0.243. The standard InChI is InChI=1S/C12H22O11/c13-1-3-5(15)6(16)9(19)12(22-3)23-10-4(2-14)21-11(20)8(18)7(10)17/h3-20H,1-2H2/t3-,4-,5-,6?,7-,8-,9-,10-,11?,12?/m1/s1. The largest absolute Gasteiger partial charge is 0.394 e. The van der Waals surface area contributed by atoms with E-state index in [4.69, 9.17) is 19.3 Å². The minimum absolute atomic E-state index is 0.667. The average Bonchev–Trinajstić information content (AvgIpc) is 2.55. The van der Waals surface area contributed by atoms with Crippen LogP contribution in [-0.4, -0.2) is 115 Å². The van der Waals surface area contributed by atoms with Crippen molar-refractivity contribution in [1.29, 1.82) is 0 Å². The van der Waals surface area contributed by atoms with Crippen LogP contribution in [0.25, 0.3) is 0 Å². The molecule has 0 bridgehead atoms. The molecule has 2 fully saturated rings. The molecule has 0 aromatic carbocycles. The van der Waals surface area contributed by atoms with Crippen molar-refractivity contribution in [2.45, 2.75) is 61.4 Å². The molecule has 136 valence electrons. The first-order valence-corrected chi connectivity index (χ1v) is 7.08. The van der Waals surface area contributed by atoms with Crippen molar-refractivity contribution in [2.75, 3.05) is 13.2 Å². The zero-order chi connectivity index (χ0) is 17.3. The maximum Gasteiger partial charge on any atom is 0.187 e. The topological polar surface area (TPSA) is 190 Å². The van der Waals surface area contributed by atoms with E-state index in [2.05, 4.69) is 0 Å². The molecule has 0 spiro atoms. The third kappa shape index (κ3) is 3.65. The molecule has 0 aromatic rings. The number of aliphatic hydroxyl groups excluding tert-OH is 8. The third-order valence-electron chi connectivity index (χ3n) is 3.98. The van der Waals surface area contributed by atoms with Gasteiger partial charge in [0.15, 0.2) is 12.6 Å². The highest BCUT2D eigenvalue weighted by Crippen LogP contribution is 2.28. The summed E-state index contributed by atoms with van der Waals surface area (Å²) in [6.45, 7) is -1.35. The smallest absolute Gasteiger partial charge is 0.187 e. The van der Waals surface area contributed by atoms with Crippen molar-refractivity contribution in [1.82, 2.24) is 0 Å². The fourth-order valence-corrected chi connectivity index (χ4v) is 2.57. The van der Waals surface area contributed by atoms with Crippen LogP contribution < -0.4 is 0 Å². The van der Waals surface area contributed by atoms with Crippen LogP contribution >= 0.6 is 0 Å². The number of hydrogen-bond donors (Lipinski definition) is 8. The summed E-state index contributed by atoms with van der Waals surface area (Å²) in [6.07, 6.45) is -15.6. The summed E-state index contributed by atoms with van der Waals surface area (Å²) in [6, 6.07) is 0. The highest BCUT2D eigenvalue weighted by Gasteiger charge is 2.50. The predicted octanol–water partition coefficient (Wildman–Crippen LogP) is -5.40. The Balaban J connectivity index is 2.11. The van der Waals surface area contributed by atoms with Gasteiger partial charge in [-0.15, -0.1) is 0 Å². The Morgan fingerprint density at radius 3 is 1.83 bits per heavy atom. The van der Waals surface area contributed by atoms with Crippen molar-refractivity contribution in [3.05, 3.63) is 0 Å². The number of ether oxygens (including phenoxy) is 3. The second-order valence-corrected chi connectivity index (χ2v) is 5.53. The minimum Gasteiger partial charge on any atom is -0.394 e. The first-order valence-electron chi connectivity index (χ1n) is 7.08. The molecule has 3 unspecified atom stereocenters. The second-order valence-electron chi connectivity index (χ2n) is 5.53. The van der Waals surface area contributed by atoms with Crippen molar-refractivity contribution in [3.8, 4) is 0 Å². The molecular formula is C12H22O11. The van der Waals surface area contributed by atoms with Crippen LogP contribution in [0.4, 0.5) is 0 Å².